The largest absolute Gasteiger partial charge is 0.355 e. The van der Waals surface area contributed by atoms with Gasteiger partial charge in [0.25, 0.3) is 0 Å². The van der Waals surface area contributed by atoms with E-state index in [0.29, 0.717) is 4.90 Å². The number of hydrogen-bond donors (Lipinski definition) is 0. The number of epoxide rings is 1. The Morgan fingerprint density at radius 3 is 2.42 bits per heavy atom. The van der Waals surface area contributed by atoms with Crippen molar-refractivity contribution in [3.8, 4) is 0 Å². The van der Waals surface area contributed by atoms with Crippen molar-refractivity contribution < 1.29 is 13.2 Å². The average Bonchev–Trinajstić information content (AvgIpc) is 3.43. The van der Waals surface area contributed by atoms with E-state index in [9.17, 15) is 8.42 Å². The van der Waals surface area contributed by atoms with E-state index in [1.165, 1.54) is 0 Å². The maximum absolute atomic E-state index is 13.3. The molecule has 0 amide bonds. The summed E-state index contributed by atoms with van der Waals surface area (Å²) in [6.07, 6.45) is 3.67. The Bertz CT molecular complexity index is 906. The average molecular weight is 371 g/mol. The summed E-state index contributed by atoms with van der Waals surface area (Å²) >= 11 is 0. The van der Waals surface area contributed by atoms with Crippen molar-refractivity contribution in [1.29, 1.82) is 0 Å². The van der Waals surface area contributed by atoms with Crippen LogP contribution >= 0.6 is 0 Å². The maximum Gasteiger partial charge on any atom is 0.179 e. The minimum absolute atomic E-state index is 0.0904. The molecular weight excluding hydrogens is 344 g/mol. The fraction of sp³-hybridized carbons (Fsp3) is 0.455. The predicted molar refractivity (Wildman–Crippen MR) is 103 cm³/mol. The molecule has 0 aromatic heterocycles. The van der Waals surface area contributed by atoms with E-state index >= 15 is 0 Å². The number of hydrogen-bond acceptors (Lipinski definition) is 3. The van der Waals surface area contributed by atoms with Crippen molar-refractivity contribution in [2.75, 3.05) is 5.75 Å². The van der Waals surface area contributed by atoms with Crippen molar-refractivity contribution in [3.63, 3.8) is 0 Å². The minimum atomic E-state index is -3.36. The van der Waals surface area contributed by atoms with E-state index in [1.807, 2.05) is 36.4 Å². The molecule has 2 aromatic rings. The number of rotatable bonds is 5. The van der Waals surface area contributed by atoms with Gasteiger partial charge in [-0.05, 0) is 24.5 Å². The molecule has 1 fully saturated rings. The summed E-state index contributed by atoms with van der Waals surface area (Å²) in [4.78, 5) is 0.443. The third-order valence-electron chi connectivity index (χ3n) is 6.21. The molecule has 0 aliphatic carbocycles. The second kappa shape index (κ2) is 6.21. The van der Waals surface area contributed by atoms with Gasteiger partial charge in [-0.25, -0.2) is 8.42 Å². The van der Waals surface area contributed by atoms with E-state index < -0.39 is 15.4 Å². The van der Waals surface area contributed by atoms with Gasteiger partial charge in [0.05, 0.1) is 10.6 Å². The molecule has 2 aliphatic rings. The summed E-state index contributed by atoms with van der Waals surface area (Å²) in [6, 6.07) is 17.5. The van der Waals surface area contributed by atoms with Gasteiger partial charge in [0, 0.05) is 11.0 Å². The van der Waals surface area contributed by atoms with E-state index in [1.54, 1.807) is 6.07 Å². The maximum atomic E-state index is 13.3. The van der Waals surface area contributed by atoms with Gasteiger partial charge in [0.2, 0.25) is 0 Å². The lowest BCUT2D eigenvalue weighted by Crippen LogP contribution is -2.36. The van der Waals surface area contributed by atoms with Crippen LogP contribution in [-0.2, 0) is 20.2 Å². The summed E-state index contributed by atoms with van der Waals surface area (Å²) in [7, 11) is -3.36. The van der Waals surface area contributed by atoms with E-state index in [0.717, 1.165) is 36.8 Å². The second-order valence-corrected chi connectivity index (χ2v) is 9.63. The molecule has 2 unspecified atom stereocenters. The molecule has 3 atom stereocenters. The number of unbranched alkanes of at least 4 members (excludes halogenated alkanes) is 1. The lowest BCUT2D eigenvalue weighted by atomic mass is 9.71. The van der Waals surface area contributed by atoms with E-state index in [4.69, 9.17) is 4.74 Å². The molecule has 2 heterocycles. The lowest BCUT2D eigenvalue weighted by Gasteiger charge is -2.31. The highest BCUT2D eigenvalue weighted by Crippen LogP contribution is 2.64. The SMILES string of the molecule is CCCC[C@]1(CC)CS(=O)(=O)c2ccccc2C2(c3ccccc3)OC21. The van der Waals surface area contributed by atoms with Crippen LogP contribution in [0.15, 0.2) is 59.5 Å². The Kier molecular flexibility index (Phi) is 4.24. The first kappa shape index (κ1) is 17.7. The van der Waals surface area contributed by atoms with Gasteiger partial charge >= 0.3 is 0 Å². The highest BCUT2D eigenvalue weighted by Gasteiger charge is 2.70. The smallest absolute Gasteiger partial charge is 0.179 e. The van der Waals surface area contributed by atoms with Crippen LogP contribution in [0.25, 0.3) is 0 Å². The van der Waals surface area contributed by atoms with Crippen LogP contribution in [-0.4, -0.2) is 20.3 Å². The zero-order valence-electron chi connectivity index (χ0n) is 15.4. The third-order valence-corrected chi connectivity index (χ3v) is 8.19. The summed E-state index contributed by atoms with van der Waals surface area (Å²) in [5.74, 6) is 0.173. The molecule has 2 aromatic carbocycles. The monoisotopic (exact) mass is 370 g/mol. The Balaban J connectivity index is 1.96. The molecule has 26 heavy (non-hydrogen) atoms. The molecule has 1 saturated heterocycles. The zero-order chi connectivity index (χ0) is 18.4. The summed E-state index contributed by atoms with van der Waals surface area (Å²) < 4.78 is 33.1. The van der Waals surface area contributed by atoms with Crippen LogP contribution in [0.4, 0.5) is 0 Å². The minimum Gasteiger partial charge on any atom is -0.355 e. The van der Waals surface area contributed by atoms with Crippen molar-refractivity contribution in [3.05, 3.63) is 65.7 Å². The molecule has 2 aliphatic heterocycles. The van der Waals surface area contributed by atoms with Crippen molar-refractivity contribution >= 4 is 9.84 Å². The number of sulfone groups is 1. The molecular formula is C22H26O3S. The van der Waals surface area contributed by atoms with Gasteiger partial charge in [-0.15, -0.1) is 0 Å². The number of fused-ring (bicyclic) bond motifs is 3. The van der Waals surface area contributed by atoms with Gasteiger partial charge in [-0.1, -0.05) is 75.2 Å². The highest BCUT2D eigenvalue weighted by atomic mass is 32.2. The Morgan fingerprint density at radius 2 is 1.73 bits per heavy atom. The van der Waals surface area contributed by atoms with Gasteiger partial charge < -0.3 is 4.74 Å². The fourth-order valence-corrected chi connectivity index (χ4v) is 7.00. The van der Waals surface area contributed by atoms with E-state index in [2.05, 4.69) is 26.0 Å². The first-order chi connectivity index (χ1) is 12.5. The molecule has 0 saturated carbocycles. The standard InChI is InChI=1S/C22H26O3S/c1-3-5-15-21(4-2)16-26(23,24)19-14-10-9-13-18(19)22(20(21)25-22)17-11-7-6-8-12-17/h6-14,20H,3-5,15-16H2,1-2H3/t20?,21-,22?/m1/s1. The molecule has 0 N–H and O–H groups in total. The van der Waals surface area contributed by atoms with Crippen molar-refractivity contribution in [1.82, 2.24) is 0 Å². The van der Waals surface area contributed by atoms with Crippen molar-refractivity contribution in [2.45, 2.75) is 56.1 Å². The number of ether oxygens (including phenoxy) is 1. The van der Waals surface area contributed by atoms with E-state index in [-0.39, 0.29) is 17.3 Å². The quantitative estimate of drug-likeness (QED) is 0.717. The molecule has 4 rings (SSSR count). The first-order valence-corrected chi connectivity index (χ1v) is 11.2. The van der Waals surface area contributed by atoms with Crippen LogP contribution in [0, 0.1) is 5.41 Å². The van der Waals surface area contributed by atoms with Gasteiger partial charge in [0.1, 0.15) is 11.7 Å². The first-order valence-electron chi connectivity index (χ1n) is 9.56. The molecule has 0 radical (unpaired) electrons. The van der Waals surface area contributed by atoms with Gasteiger partial charge in [-0.3, -0.25) is 0 Å². The van der Waals surface area contributed by atoms with Crippen LogP contribution in [0.2, 0.25) is 0 Å². The summed E-state index contributed by atoms with van der Waals surface area (Å²) in [5, 5.41) is 0. The van der Waals surface area contributed by atoms with Crippen LogP contribution in [0.3, 0.4) is 0 Å². The van der Waals surface area contributed by atoms with Crippen LogP contribution < -0.4 is 0 Å². The molecule has 4 heteroatoms. The number of benzene rings is 2. The van der Waals surface area contributed by atoms with Crippen LogP contribution in [0.5, 0.6) is 0 Å². The van der Waals surface area contributed by atoms with Gasteiger partial charge in [0.15, 0.2) is 9.84 Å². The molecule has 0 spiro atoms. The zero-order valence-corrected chi connectivity index (χ0v) is 16.3. The third kappa shape index (κ3) is 2.46. The lowest BCUT2D eigenvalue weighted by molar-refractivity contribution is 0.191. The fourth-order valence-electron chi connectivity index (χ4n) is 4.75. The molecule has 3 nitrogen and oxygen atoms in total. The topological polar surface area (TPSA) is 46.7 Å². The summed E-state index contributed by atoms with van der Waals surface area (Å²) in [5.41, 5.74) is 0.890. The molecule has 0 bridgehead atoms. The van der Waals surface area contributed by atoms with Crippen LogP contribution in [0.1, 0.15) is 50.7 Å². The Hall–Kier alpha value is -1.65. The normalized spacial score (nSPS) is 31.5. The second-order valence-electron chi connectivity index (χ2n) is 7.67. The van der Waals surface area contributed by atoms with Gasteiger partial charge in [-0.2, -0.15) is 0 Å². The van der Waals surface area contributed by atoms with Crippen molar-refractivity contribution in [2.24, 2.45) is 5.41 Å². The highest BCUT2D eigenvalue weighted by molar-refractivity contribution is 7.91. The molecule has 138 valence electrons. The predicted octanol–water partition coefficient (Wildman–Crippen LogP) is 4.70. The Morgan fingerprint density at radius 1 is 1.04 bits per heavy atom. The summed E-state index contributed by atoms with van der Waals surface area (Å²) in [6.45, 7) is 4.26. The Labute approximate surface area is 156 Å².